The predicted octanol–water partition coefficient (Wildman–Crippen LogP) is 2.95. The van der Waals surface area contributed by atoms with Crippen LogP contribution >= 0.6 is 23.5 Å². The molecule has 2 atom stereocenters. The molecule has 2 heterocycles. The quantitative estimate of drug-likeness (QED) is 0.136. The number of ether oxygens (including phenoxy) is 1. The maximum atomic E-state index is 12.0. The minimum Gasteiger partial charge on any atom is -0.378 e. The van der Waals surface area contributed by atoms with Gasteiger partial charge in [-0.25, -0.2) is 14.8 Å². The lowest BCUT2D eigenvalue weighted by atomic mass is 10.2. The molecule has 11 heteroatoms. The van der Waals surface area contributed by atoms with Crippen molar-refractivity contribution in [2.75, 3.05) is 12.9 Å². The molecular formula is C22H32ClN7O2S. The monoisotopic (exact) mass is 493 g/mol. The third-order valence-electron chi connectivity index (χ3n) is 4.71. The van der Waals surface area contributed by atoms with E-state index >= 15 is 0 Å². The molecule has 0 aliphatic heterocycles. The van der Waals surface area contributed by atoms with Gasteiger partial charge in [0.15, 0.2) is 5.16 Å². The maximum Gasteiger partial charge on any atom is 0.220 e. The van der Waals surface area contributed by atoms with E-state index in [9.17, 15) is 4.79 Å². The minimum absolute atomic E-state index is 0.0262. The van der Waals surface area contributed by atoms with Crippen molar-refractivity contribution in [2.24, 2.45) is 0 Å². The fourth-order valence-corrected chi connectivity index (χ4v) is 3.12. The maximum absolute atomic E-state index is 12.0. The van der Waals surface area contributed by atoms with Gasteiger partial charge in [-0.1, -0.05) is 28.8 Å². The van der Waals surface area contributed by atoms with E-state index in [1.807, 2.05) is 26.3 Å². The van der Waals surface area contributed by atoms with Gasteiger partial charge < -0.3 is 10.1 Å². The molecule has 0 spiro atoms. The Labute approximate surface area is 204 Å². The highest BCUT2D eigenvalue weighted by molar-refractivity contribution is 7.98. The molecule has 0 aliphatic rings. The first-order valence-corrected chi connectivity index (χ1v) is 12.6. The zero-order chi connectivity index (χ0) is 23.9. The van der Waals surface area contributed by atoms with E-state index in [-0.39, 0.29) is 18.1 Å². The van der Waals surface area contributed by atoms with Gasteiger partial charge in [0.1, 0.15) is 5.69 Å². The van der Waals surface area contributed by atoms with Crippen molar-refractivity contribution >= 4 is 29.4 Å². The van der Waals surface area contributed by atoms with Crippen LogP contribution < -0.4 is 10.2 Å². The lowest BCUT2D eigenvalue weighted by Gasteiger charge is -2.14. The molecule has 0 bridgehead atoms. The number of halogens is 1. The summed E-state index contributed by atoms with van der Waals surface area (Å²) in [7, 11) is 0. The third kappa shape index (κ3) is 11.5. The minimum atomic E-state index is -0.0262. The van der Waals surface area contributed by atoms with Crippen LogP contribution in [0.4, 0.5) is 0 Å². The fraction of sp³-hybridized carbons (Fsp3) is 0.591. The zero-order valence-corrected chi connectivity index (χ0v) is 21.0. The Hall–Kier alpha value is -2.19. The number of hydrogen-bond acceptors (Lipinski definition) is 8. The van der Waals surface area contributed by atoms with Gasteiger partial charge in [-0.2, -0.15) is 0 Å². The second-order valence-electron chi connectivity index (χ2n) is 7.63. The van der Waals surface area contributed by atoms with Crippen molar-refractivity contribution in [3.05, 3.63) is 29.8 Å². The second kappa shape index (κ2) is 15.6. The largest absolute Gasteiger partial charge is 0.378 e. The zero-order valence-electron chi connectivity index (χ0n) is 19.4. The smallest absolute Gasteiger partial charge is 0.220 e. The van der Waals surface area contributed by atoms with E-state index < -0.39 is 0 Å². The molecule has 1 amide bonds. The van der Waals surface area contributed by atoms with Crippen molar-refractivity contribution in [1.82, 2.24) is 35.1 Å². The molecule has 180 valence electrons. The molecule has 2 N–H and O–H groups in total. The molecule has 33 heavy (non-hydrogen) atoms. The molecule has 2 aromatic rings. The SMILES string of the molecule is CSc1ncc(C#CCCCC(=O)NCc2cn(CCC(C)OCCC(C)NCl)nn2)cn1. The number of unbranched alkanes of at least 4 members (excludes halogenated alkanes) is 1. The summed E-state index contributed by atoms with van der Waals surface area (Å²) in [6.07, 6.45) is 10.7. The normalized spacial score (nSPS) is 12.6. The van der Waals surface area contributed by atoms with Crippen molar-refractivity contribution in [3.63, 3.8) is 0 Å². The van der Waals surface area contributed by atoms with Crippen LogP contribution in [-0.2, 0) is 22.6 Å². The summed E-state index contributed by atoms with van der Waals surface area (Å²) in [4.78, 5) is 23.1. The topological polar surface area (TPSA) is 107 Å². The summed E-state index contributed by atoms with van der Waals surface area (Å²) in [6, 6.07) is 0.220. The second-order valence-corrected chi connectivity index (χ2v) is 8.62. The van der Waals surface area contributed by atoms with E-state index in [0.29, 0.717) is 39.0 Å². The van der Waals surface area contributed by atoms with Gasteiger partial charge in [-0.05, 0) is 51.1 Å². The molecule has 0 aliphatic carbocycles. The number of rotatable bonds is 14. The van der Waals surface area contributed by atoms with Gasteiger partial charge in [0.2, 0.25) is 5.91 Å². The summed E-state index contributed by atoms with van der Waals surface area (Å²) >= 11 is 7.05. The van der Waals surface area contributed by atoms with Crippen LogP contribution in [0.1, 0.15) is 57.2 Å². The lowest BCUT2D eigenvalue weighted by Crippen LogP contribution is -2.22. The Bertz CT molecular complexity index is 898. The summed E-state index contributed by atoms with van der Waals surface area (Å²) in [5.41, 5.74) is 1.51. The van der Waals surface area contributed by atoms with Gasteiger partial charge in [0.05, 0.1) is 24.4 Å². The van der Waals surface area contributed by atoms with E-state index in [1.165, 1.54) is 11.8 Å². The van der Waals surface area contributed by atoms with E-state index in [0.717, 1.165) is 29.3 Å². The first-order valence-electron chi connectivity index (χ1n) is 11.0. The van der Waals surface area contributed by atoms with Crippen LogP contribution in [0.3, 0.4) is 0 Å². The van der Waals surface area contributed by atoms with Crippen LogP contribution in [0.2, 0.25) is 0 Å². The molecule has 0 saturated heterocycles. The number of hydrogen-bond donors (Lipinski definition) is 2. The average Bonchev–Trinajstić information content (AvgIpc) is 3.29. The third-order valence-corrected chi connectivity index (χ3v) is 5.65. The number of carbonyl (C=O) groups is 1. The van der Waals surface area contributed by atoms with Crippen LogP contribution in [0.5, 0.6) is 0 Å². The summed E-state index contributed by atoms with van der Waals surface area (Å²) < 4.78 is 7.55. The van der Waals surface area contributed by atoms with Crippen molar-refractivity contribution < 1.29 is 9.53 Å². The number of carbonyl (C=O) groups excluding carboxylic acids is 1. The molecule has 2 unspecified atom stereocenters. The highest BCUT2D eigenvalue weighted by atomic mass is 35.5. The van der Waals surface area contributed by atoms with Crippen LogP contribution in [0, 0.1) is 11.8 Å². The van der Waals surface area contributed by atoms with Crippen molar-refractivity contribution in [1.29, 1.82) is 0 Å². The molecule has 0 radical (unpaired) electrons. The van der Waals surface area contributed by atoms with E-state index in [1.54, 1.807) is 17.1 Å². The molecule has 0 fully saturated rings. The molecule has 9 nitrogen and oxygen atoms in total. The summed E-state index contributed by atoms with van der Waals surface area (Å²) in [5.74, 6) is 6.04. The first kappa shape index (κ1) is 27.1. The Morgan fingerprint density at radius 1 is 1.30 bits per heavy atom. The first-order chi connectivity index (χ1) is 16.0. The Balaban J connectivity index is 1.58. The Morgan fingerprint density at radius 3 is 2.82 bits per heavy atom. The van der Waals surface area contributed by atoms with Gasteiger partial charge in [-0.15, -0.1) is 5.10 Å². The van der Waals surface area contributed by atoms with E-state index in [4.69, 9.17) is 16.5 Å². The lowest BCUT2D eigenvalue weighted by molar-refractivity contribution is -0.121. The molecule has 0 aromatic carbocycles. The van der Waals surface area contributed by atoms with Gasteiger partial charge in [-0.3, -0.25) is 9.48 Å². The number of aromatic nitrogens is 5. The highest BCUT2D eigenvalue weighted by Gasteiger charge is 2.08. The summed E-state index contributed by atoms with van der Waals surface area (Å²) in [6.45, 7) is 5.76. The molecule has 0 saturated carbocycles. The number of nitrogens with zero attached hydrogens (tertiary/aromatic N) is 5. The Kier molecular flexibility index (Phi) is 12.8. The summed E-state index contributed by atoms with van der Waals surface area (Å²) in [5, 5.41) is 11.8. The molecule has 2 rings (SSSR count). The molecular weight excluding hydrogens is 462 g/mol. The predicted molar refractivity (Wildman–Crippen MR) is 130 cm³/mol. The Morgan fingerprint density at radius 2 is 2.09 bits per heavy atom. The number of aryl methyl sites for hydroxylation is 1. The van der Waals surface area contributed by atoms with Gasteiger partial charge >= 0.3 is 0 Å². The van der Waals surface area contributed by atoms with Gasteiger partial charge in [0, 0.05) is 44.4 Å². The van der Waals surface area contributed by atoms with Crippen LogP contribution in [0.15, 0.2) is 23.7 Å². The standard InChI is InChI=1S/C22H32ClN7O2S/c1-17(27-23)10-12-32-18(2)9-11-30-16-20(28-29-30)15-24-21(31)8-6-4-5-7-19-13-25-22(33-3)26-14-19/h13-14,16-18,27H,4,6,8-12,15H2,1-3H3,(H,24,31). The number of amides is 1. The number of thioether (sulfide) groups is 1. The van der Waals surface area contributed by atoms with Crippen LogP contribution in [0.25, 0.3) is 0 Å². The highest BCUT2D eigenvalue weighted by Crippen LogP contribution is 2.06. The van der Waals surface area contributed by atoms with Gasteiger partial charge in [0.25, 0.3) is 0 Å². The fourth-order valence-electron chi connectivity index (χ4n) is 2.69. The van der Waals surface area contributed by atoms with Crippen molar-refractivity contribution in [2.45, 2.75) is 76.3 Å². The number of nitrogens with one attached hydrogen (secondary N) is 2. The van der Waals surface area contributed by atoms with Crippen LogP contribution in [-0.4, -0.2) is 55.9 Å². The average molecular weight is 494 g/mol. The van der Waals surface area contributed by atoms with Crippen molar-refractivity contribution in [3.8, 4) is 11.8 Å². The molecule has 2 aromatic heterocycles. The van der Waals surface area contributed by atoms with E-state index in [2.05, 4.69) is 42.3 Å².